The molecular weight excluding hydrogens is 330 g/mol. The number of benzene rings is 2. The molecule has 1 aromatic heterocycles. The Morgan fingerprint density at radius 3 is 2.77 bits per heavy atom. The third kappa shape index (κ3) is 3.20. The second-order valence-electron chi connectivity index (χ2n) is 6.18. The second kappa shape index (κ2) is 7.25. The number of hydrogen-bond donors (Lipinski definition) is 1. The van der Waals surface area contributed by atoms with E-state index in [0.29, 0.717) is 6.61 Å². The fourth-order valence-electron chi connectivity index (χ4n) is 3.25. The van der Waals surface area contributed by atoms with E-state index in [4.69, 9.17) is 19.2 Å². The molecule has 1 aliphatic heterocycles. The van der Waals surface area contributed by atoms with Crippen molar-refractivity contribution in [1.82, 2.24) is 9.97 Å². The molecule has 2 aromatic carbocycles. The predicted octanol–water partition coefficient (Wildman–Crippen LogP) is 3.47. The molecule has 0 unspecified atom stereocenters. The van der Waals surface area contributed by atoms with Gasteiger partial charge < -0.3 is 24.1 Å². The van der Waals surface area contributed by atoms with Crippen molar-refractivity contribution in [2.45, 2.75) is 6.92 Å². The maximum atomic E-state index is 5.84. The van der Waals surface area contributed by atoms with Gasteiger partial charge in [0.05, 0.1) is 43.7 Å². The number of hydrogen-bond acceptors (Lipinski definition) is 5. The summed E-state index contributed by atoms with van der Waals surface area (Å²) in [6.07, 6.45) is 0. The minimum absolute atomic E-state index is 0.640. The van der Waals surface area contributed by atoms with E-state index in [1.807, 2.05) is 37.3 Å². The van der Waals surface area contributed by atoms with Crippen LogP contribution in [0.15, 0.2) is 36.4 Å². The molecule has 0 amide bonds. The molecule has 0 spiro atoms. The number of methoxy groups -OCH3 is 1. The number of nitrogens with zero attached hydrogens (tertiary/aromatic N) is 2. The number of fused-ring (bicyclic) bond motifs is 1. The van der Waals surface area contributed by atoms with Crippen LogP contribution < -0.4 is 14.4 Å². The zero-order chi connectivity index (χ0) is 17.9. The molecule has 2 heterocycles. The van der Waals surface area contributed by atoms with E-state index in [2.05, 4.69) is 16.0 Å². The number of nitrogens with one attached hydrogen (secondary N) is 1. The molecule has 6 heteroatoms. The molecule has 1 fully saturated rings. The fourth-order valence-corrected chi connectivity index (χ4v) is 3.25. The summed E-state index contributed by atoms with van der Waals surface area (Å²) in [7, 11) is 1.67. The van der Waals surface area contributed by atoms with Crippen molar-refractivity contribution in [3.05, 3.63) is 36.4 Å². The van der Waals surface area contributed by atoms with Crippen LogP contribution in [0.5, 0.6) is 11.5 Å². The van der Waals surface area contributed by atoms with E-state index in [9.17, 15) is 0 Å². The molecule has 6 nitrogen and oxygen atoms in total. The van der Waals surface area contributed by atoms with Crippen LogP contribution in [0.4, 0.5) is 5.69 Å². The summed E-state index contributed by atoms with van der Waals surface area (Å²) in [5.41, 5.74) is 4.00. The number of imidazole rings is 1. The van der Waals surface area contributed by atoms with Crippen LogP contribution in [0.1, 0.15) is 6.92 Å². The summed E-state index contributed by atoms with van der Waals surface area (Å²) in [5.74, 6) is 2.55. The first-order valence-electron chi connectivity index (χ1n) is 8.92. The van der Waals surface area contributed by atoms with Gasteiger partial charge in [0, 0.05) is 24.7 Å². The summed E-state index contributed by atoms with van der Waals surface area (Å²) < 4.78 is 16.6. The topological polar surface area (TPSA) is 59.6 Å². The third-order valence-electron chi connectivity index (χ3n) is 4.57. The molecule has 4 rings (SSSR count). The Morgan fingerprint density at radius 2 is 2.00 bits per heavy atom. The Kier molecular flexibility index (Phi) is 4.67. The number of ether oxygens (including phenoxy) is 3. The minimum Gasteiger partial charge on any atom is -0.497 e. The zero-order valence-electron chi connectivity index (χ0n) is 15.1. The van der Waals surface area contributed by atoms with Crippen molar-refractivity contribution in [2.75, 3.05) is 44.9 Å². The molecule has 0 atom stereocenters. The average Bonchev–Trinajstić information content (AvgIpc) is 3.12. The lowest BCUT2D eigenvalue weighted by atomic mass is 10.1. The van der Waals surface area contributed by atoms with Crippen LogP contribution in [0.25, 0.3) is 22.4 Å². The van der Waals surface area contributed by atoms with E-state index in [1.165, 1.54) is 0 Å². The van der Waals surface area contributed by atoms with Gasteiger partial charge in [-0.25, -0.2) is 4.98 Å². The van der Waals surface area contributed by atoms with Gasteiger partial charge in [-0.2, -0.15) is 0 Å². The fraction of sp³-hybridized carbons (Fsp3) is 0.350. The van der Waals surface area contributed by atoms with E-state index in [0.717, 1.165) is 65.9 Å². The number of aromatic amines is 1. The number of rotatable bonds is 5. The van der Waals surface area contributed by atoms with Crippen molar-refractivity contribution < 1.29 is 14.2 Å². The summed E-state index contributed by atoms with van der Waals surface area (Å²) in [4.78, 5) is 10.4. The molecule has 0 radical (unpaired) electrons. The van der Waals surface area contributed by atoms with Gasteiger partial charge in [-0.3, -0.25) is 0 Å². The normalized spacial score (nSPS) is 14.6. The number of anilines is 1. The molecular formula is C20H23N3O3. The van der Waals surface area contributed by atoms with Crippen LogP contribution in [0, 0.1) is 0 Å². The van der Waals surface area contributed by atoms with Gasteiger partial charge in [-0.1, -0.05) is 0 Å². The number of aromatic nitrogens is 2. The van der Waals surface area contributed by atoms with Crippen molar-refractivity contribution in [3.63, 3.8) is 0 Å². The van der Waals surface area contributed by atoms with Gasteiger partial charge in [0.1, 0.15) is 17.3 Å². The van der Waals surface area contributed by atoms with Crippen LogP contribution in [0.2, 0.25) is 0 Å². The standard InChI is InChI=1S/C20H23N3O3/c1-3-26-19-7-4-14(12-18(19)23-8-10-25-11-9-23)20-21-16-6-5-15(24-2)13-17(16)22-20/h4-7,12-13H,3,8-11H2,1-2H3,(H,21,22). The van der Waals surface area contributed by atoms with Gasteiger partial charge in [-0.05, 0) is 37.3 Å². The van der Waals surface area contributed by atoms with E-state index in [1.54, 1.807) is 7.11 Å². The van der Waals surface area contributed by atoms with E-state index >= 15 is 0 Å². The second-order valence-corrected chi connectivity index (χ2v) is 6.18. The highest BCUT2D eigenvalue weighted by atomic mass is 16.5. The van der Waals surface area contributed by atoms with Gasteiger partial charge in [-0.15, -0.1) is 0 Å². The van der Waals surface area contributed by atoms with Crippen molar-refractivity contribution in [1.29, 1.82) is 0 Å². The van der Waals surface area contributed by atoms with Crippen LogP contribution in [-0.2, 0) is 4.74 Å². The Bertz CT molecular complexity index is 900. The monoisotopic (exact) mass is 353 g/mol. The Balaban J connectivity index is 1.74. The molecule has 0 aliphatic carbocycles. The SMILES string of the molecule is CCOc1ccc(-c2nc3ccc(OC)cc3[nH]2)cc1N1CCOCC1. The molecule has 1 saturated heterocycles. The van der Waals surface area contributed by atoms with E-state index < -0.39 is 0 Å². The quantitative estimate of drug-likeness (QED) is 0.761. The molecule has 1 N–H and O–H groups in total. The van der Waals surface area contributed by atoms with Gasteiger partial charge >= 0.3 is 0 Å². The third-order valence-corrected chi connectivity index (χ3v) is 4.57. The Morgan fingerprint density at radius 1 is 1.15 bits per heavy atom. The van der Waals surface area contributed by atoms with Crippen LogP contribution in [0.3, 0.4) is 0 Å². The smallest absolute Gasteiger partial charge is 0.142 e. The molecule has 136 valence electrons. The lowest BCUT2D eigenvalue weighted by Crippen LogP contribution is -2.36. The molecule has 0 saturated carbocycles. The lowest BCUT2D eigenvalue weighted by Gasteiger charge is -2.30. The summed E-state index contributed by atoms with van der Waals surface area (Å²) in [5, 5.41) is 0. The first-order valence-corrected chi connectivity index (χ1v) is 8.92. The zero-order valence-corrected chi connectivity index (χ0v) is 15.1. The van der Waals surface area contributed by atoms with Crippen LogP contribution in [-0.4, -0.2) is 50.0 Å². The molecule has 3 aromatic rings. The Labute approximate surface area is 152 Å². The van der Waals surface area contributed by atoms with Crippen molar-refractivity contribution >= 4 is 16.7 Å². The average molecular weight is 353 g/mol. The highest BCUT2D eigenvalue weighted by molar-refractivity contribution is 5.81. The first-order chi connectivity index (χ1) is 12.8. The molecule has 1 aliphatic rings. The number of morpholine rings is 1. The molecule has 0 bridgehead atoms. The van der Waals surface area contributed by atoms with Crippen molar-refractivity contribution in [3.8, 4) is 22.9 Å². The summed E-state index contributed by atoms with van der Waals surface area (Å²) in [6, 6.07) is 12.1. The maximum absolute atomic E-state index is 5.84. The van der Waals surface area contributed by atoms with Crippen molar-refractivity contribution in [2.24, 2.45) is 0 Å². The van der Waals surface area contributed by atoms with Gasteiger partial charge in [0.25, 0.3) is 0 Å². The van der Waals surface area contributed by atoms with Gasteiger partial charge in [0.15, 0.2) is 0 Å². The Hall–Kier alpha value is -2.73. The maximum Gasteiger partial charge on any atom is 0.142 e. The minimum atomic E-state index is 0.640. The summed E-state index contributed by atoms with van der Waals surface area (Å²) in [6.45, 7) is 5.84. The first kappa shape index (κ1) is 16.7. The highest BCUT2D eigenvalue weighted by Crippen LogP contribution is 2.34. The molecule has 26 heavy (non-hydrogen) atoms. The van der Waals surface area contributed by atoms with Crippen LogP contribution >= 0.6 is 0 Å². The predicted molar refractivity (Wildman–Crippen MR) is 102 cm³/mol. The number of H-pyrrole nitrogens is 1. The largest absolute Gasteiger partial charge is 0.497 e. The van der Waals surface area contributed by atoms with Gasteiger partial charge in [0.2, 0.25) is 0 Å². The lowest BCUT2D eigenvalue weighted by molar-refractivity contribution is 0.122. The van der Waals surface area contributed by atoms with E-state index in [-0.39, 0.29) is 0 Å². The summed E-state index contributed by atoms with van der Waals surface area (Å²) >= 11 is 0. The highest BCUT2D eigenvalue weighted by Gasteiger charge is 2.17.